The Morgan fingerprint density at radius 1 is 1.21 bits per heavy atom. The molecule has 2 aliphatic heterocycles. The van der Waals surface area contributed by atoms with Crippen molar-refractivity contribution in [2.45, 2.75) is 50.0 Å². The van der Waals surface area contributed by atoms with Gasteiger partial charge in [-0.2, -0.15) is 9.29 Å². The van der Waals surface area contributed by atoms with Gasteiger partial charge in [-0.15, -0.1) is 0 Å². The smallest absolute Gasteiger partial charge is 0.265 e. The number of rotatable bonds is 5. The van der Waals surface area contributed by atoms with Crippen molar-refractivity contribution in [2.75, 3.05) is 24.6 Å². The maximum atomic E-state index is 13.0. The van der Waals surface area contributed by atoms with E-state index < -0.39 is 10.0 Å². The summed E-state index contributed by atoms with van der Waals surface area (Å²) < 4.78 is 38.4. The number of fused-ring (bicyclic) bond motifs is 1. The van der Waals surface area contributed by atoms with E-state index in [9.17, 15) is 13.2 Å². The molecule has 0 unspecified atom stereocenters. The van der Waals surface area contributed by atoms with E-state index in [2.05, 4.69) is 10.1 Å². The number of nitrogens with zero attached hydrogens (tertiary/aromatic N) is 4. The largest absolute Gasteiger partial charge is 0.482 e. The number of ether oxygens (including phenoxy) is 1. The molecule has 3 heterocycles. The highest BCUT2D eigenvalue weighted by Gasteiger charge is 2.34. The van der Waals surface area contributed by atoms with Crippen LogP contribution < -0.4 is 9.64 Å². The maximum absolute atomic E-state index is 13.0. The second-order valence-electron chi connectivity index (χ2n) is 7.79. The van der Waals surface area contributed by atoms with Crippen LogP contribution in [0.3, 0.4) is 0 Å². The summed E-state index contributed by atoms with van der Waals surface area (Å²) in [5.41, 5.74) is 1.10. The van der Waals surface area contributed by atoms with Gasteiger partial charge in [0.1, 0.15) is 5.75 Å². The molecular weight excluding hydrogens is 396 g/mol. The van der Waals surface area contributed by atoms with Gasteiger partial charge in [-0.3, -0.25) is 9.69 Å². The molecular formula is C19H22N4O5S. The molecule has 1 amide bonds. The highest BCUT2D eigenvalue weighted by atomic mass is 32.2. The molecule has 0 N–H and O–H groups in total. The van der Waals surface area contributed by atoms with Gasteiger partial charge >= 0.3 is 0 Å². The molecule has 0 radical (unpaired) electrons. The standard InChI is InChI=1S/C19H22N4O5S/c1-12-8-14-15(9-16(12)29(25,26)22-6-2-3-7-22)27-11-18(24)23(14)10-17-20-19(28-21-17)13-4-5-13/h8-9,13H,2-7,10-11H2,1H3. The van der Waals surface area contributed by atoms with E-state index in [-0.39, 0.29) is 24.0 Å². The van der Waals surface area contributed by atoms with Crippen molar-refractivity contribution in [3.8, 4) is 5.75 Å². The zero-order valence-corrected chi connectivity index (χ0v) is 16.9. The van der Waals surface area contributed by atoms with Gasteiger partial charge in [0.25, 0.3) is 5.91 Å². The number of aryl methyl sites for hydroxylation is 1. The molecule has 1 saturated carbocycles. The lowest BCUT2D eigenvalue weighted by Gasteiger charge is -2.29. The van der Waals surface area contributed by atoms with Crippen molar-refractivity contribution in [3.63, 3.8) is 0 Å². The summed E-state index contributed by atoms with van der Waals surface area (Å²) in [6, 6.07) is 3.22. The zero-order chi connectivity index (χ0) is 20.2. The molecule has 154 valence electrons. The topological polar surface area (TPSA) is 106 Å². The zero-order valence-electron chi connectivity index (χ0n) is 16.1. The number of carbonyl (C=O) groups is 1. The summed E-state index contributed by atoms with van der Waals surface area (Å²) in [5.74, 6) is 1.52. The van der Waals surface area contributed by atoms with E-state index in [4.69, 9.17) is 9.26 Å². The van der Waals surface area contributed by atoms with Crippen LogP contribution in [0.15, 0.2) is 21.6 Å². The van der Waals surface area contributed by atoms with Gasteiger partial charge in [-0.1, -0.05) is 5.16 Å². The third-order valence-corrected chi connectivity index (χ3v) is 7.63. The van der Waals surface area contributed by atoms with Crippen LogP contribution in [0, 0.1) is 6.92 Å². The lowest BCUT2D eigenvalue weighted by Crippen LogP contribution is -2.39. The number of aromatic nitrogens is 2. The van der Waals surface area contributed by atoms with Crippen molar-refractivity contribution >= 4 is 21.6 Å². The minimum atomic E-state index is -3.58. The Morgan fingerprint density at radius 2 is 1.97 bits per heavy atom. The Balaban J connectivity index is 1.47. The quantitative estimate of drug-likeness (QED) is 0.731. The summed E-state index contributed by atoms with van der Waals surface area (Å²) in [7, 11) is -3.58. The normalized spacial score (nSPS) is 20.0. The highest BCUT2D eigenvalue weighted by Crippen LogP contribution is 2.40. The molecule has 3 aliphatic rings. The SMILES string of the molecule is Cc1cc2c(cc1S(=O)(=O)N1CCCC1)OCC(=O)N2Cc1noc(C2CC2)n1. The molecule has 2 fully saturated rings. The second-order valence-corrected chi connectivity index (χ2v) is 9.69. The predicted octanol–water partition coefficient (Wildman–Crippen LogP) is 1.97. The summed E-state index contributed by atoms with van der Waals surface area (Å²) in [4.78, 5) is 18.6. The van der Waals surface area contributed by atoms with Crippen molar-refractivity contribution in [1.82, 2.24) is 14.4 Å². The Morgan fingerprint density at radius 3 is 2.69 bits per heavy atom. The van der Waals surface area contributed by atoms with Crippen LogP contribution in [-0.2, 0) is 21.4 Å². The van der Waals surface area contributed by atoms with Crippen LogP contribution in [0.4, 0.5) is 5.69 Å². The van der Waals surface area contributed by atoms with Crippen LogP contribution >= 0.6 is 0 Å². The predicted molar refractivity (Wildman–Crippen MR) is 102 cm³/mol. The van der Waals surface area contributed by atoms with E-state index in [1.54, 1.807) is 13.0 Å². The van der Waals surface area contributed by atoms with Gasteiger partial charge in [-0.05, 0) is 44.2 Å². The molecule has 1 saturated heterocycles. The first kappa shape index (κ1) is 18.6. The van der Waals surface area contributed by atoms with Gasteiger partial charge in [0.2, 0.25) is 15.9 Å². The van der Waals surface area contributed by atoms with Gasteiger partial charge in [0.15, 0.2) is 12.4 Å². The van der Waals surface area contributed by atoms with Crippen molar-refractivity contribution in [2.24, 2.45) is 0 Å². The van der Waals surface area contributed by atoms with E-state index in [1.165, 1.54) is 15.3 Å². The number of anilines is 1. The fourth-order valence-electron chi connectivity index (χ4n) is 3.82. The molecule has 0 bridgehead atoms. The molecule has 29 heavy (non-hydrogen) atoms. The number of carbonyl (C=O) groups excluding carboxylic acids is 1. The first-order valence-corrected chi connectivity index (χ1v) is 11.3. The number of benzene rings is 1. The molecule has 0 spiro atoms. The minimum absolute atomic E-state index is 0.156. The average Bonchev–Trinajstić information content (AvgIpc) is 3.18. The monoisotopic (exact) mass is 418 g/mol. The second kappa shape index (κ2) is 6.81. The van der Waals surface area contributed by atoms with E-state index >= 15 is 0 Å². The fourth-order valence-corrected chi connectivity index (χ4v) is 5.56. The summed E-state index contributed by atoms with van der Waals surface area (Å²) >= 11 is 0. The summed E-state index contributed by atoms with van der Waals surface area (Å²) in [5, 5.41) is 3.99. The Labute approximate surface area is 168 Å². The van der Waals surface area contributed by atoms with Crippen molar-refractivity contribution in [3.05, 3.63) is 29.4 Å². The van der Waals surface area contributed by atoms with Crippen molar-refractivity contribution in [1.29, 1.82) is 0 Å². The molecule has 0 atom stereocenters. The van der Waals surface area contributed by atoms with E-state index in [1.807, 2.05) is 0 Å². The average molecular weight is 418 g/mol. The Kier molecular flexibility index (Phi) is 4.36. The Hall–Kier alpha value is -2.46. The minimum Gasteiger partial charge on any atom is -0.482 e. The number of sulfonamides is 1. The molecule has 10 heteroatoms. The molecule has 1 aromatic carbocycles. The number of hydrogen-bond acceptors (Lipinski definition) is 7. The van der Waals surface area contributed by atoms with Gasteiger partial charge in [-0.25, -0.2) is 8.42 Å². The third-order valence-electron chi connectivity index (χ3n) is 5.59. The highest BCUT2D eigenvalue weighted by molar-refractivity contribution is 7.89. The first-order valence-electron chi connectivity index (χ1n) is 9.84. The summed E-state index contributed by atoms with van der Waals surface area (Å²) in [6.45, 7) is 2.80. The van der Waals surface area contributed by atoms with Crippen LogP contribution in [0.1, 0.15) is 48.9 Å². The van der Waals surface area contributed by atoms with Crippen LogP contribution in [0.5, 0.6) is 5.75 Å². The third kappa shape index (κ3) is 3.29. The number of hydrogen-bond donors (Lipinski definition) is 0. The van der Waals surface area contributed by atoms with Crippen LogP contribution in [0.25, 0.3) is 0 Å². The molecule has 9 nitrogen and oxygen atoms in total. The van der Waals surface area contributed by atoms with Gasteiger partial charge in [0.05, 0.1) is 17.1 Å². The molecule has 5 rings (SSSR count). The lowest BCUT2D eigenvalue weighted by molar-refractivity contribution is -0.121. The summed E-state index contributed by atoms with van der Waals surface area (Å²) in [6.07, 6.45) is 3.84. The van der Waals surface area contributed by atoms with Gasteiger partial charge < -0.3 is 9.26 Å². The first-order chi connectivity index (χ1) is 13.9. The molecule has 2 aromatic rings. The maximum Gasteiger partial charge on any atom is 0.265 e. The molecule has 1 aromatic heterocycles. The van der Waals surface area contributed by atoms with Crippen LogP contribution in [-0.4, -0.2) is 48.5 Å². The van der Waals surface area contributed by atoms with Gasteiger partial charge in [0, 0.05) is 25.1 Å². The Bertz CT molecular complexity index is 1070. The fraction of sp³-hybridized carbons (Fsp3) is 0.526. The number of amides is 1. The van der Waals surface area contributed by atoms with Crippen molar-refractivity contribution < 1.29 is 22.5 Å². The lowest BCUT2D eigenvalue weighted by atomic mass is 10.1. The van der Waals surface area contributed by atoms with E-state index in [0.29, 0.717) is 47.7 Å². The van der Waals surface area contributed by atoms with E-state index in [0.717, 1.165) is 25.7 Å². The molecule has 1 aliphatic carbocycles. The van der Waals surface area contributed by atoms with Crippen LogP contribution in [0.2, 0.25) is 0 Å².